The van der Waals surface area contributed by atoms with Crippen molar-refractivity contribution in [1.82, 2.24) is 5.32 Å². The van der Waals surface area contributed by atoms with E-state index in [0.717, 1.165) is 41.0 Å². The Hall–Kier alpha value is -3.24. The Morgan fingerprint density at radius 2 is 1.71 bits per heavy atom. The summed E-state index contributed by atoms with van der Waals surface area (Å²) in [5, 5.41) is 6.30. The number of thiophene rings is 1. The maximum absolute atomic E-state index is 13.2. The second-order valence-electron chi connectivity index (χ2n) is 7.89. The summed E-state index contributed by atoms with van der Waals surface area (Å²) in [6.45, 7) is 0.525. The number of hydrogen-bond acceptors (Lipinski definition) is 3. The standard InChI is InChI=1S/C27H24N2OS/c30-26(28-17-19-9-2-1-3-10-19)25-23-15-6-7-16-24(23)31-27(25)29-18-21-13-8-12-20-11-4-5-14-22(20)21/h1-5,8-14,18H,6-7,15-17H2,(H,28,30). The topological polar surface area (TPSA) is 41.5 Å². The smallest absolute Gasteiger partial charge is 0.254 e. The van der Waals surface area contributed by atoms with Gasteiger partial charge in [-0.2, -0.15) is 0 Å². The van der Waals surface area contributed by atoms with E-state index in [1.165, 1.54) is 27.6 Å². The maximum atomic E-state index is 13.2. The van der Waals surface area contributed by atoms with Crippen LogP contribution in [-0.2, 0) is 19.4 Å². The number of amides is 1. The number of nitrogens with zero attached hydrogens (tertiary/aromatic N) is 1. The lowest BCUT2D eigenvalue weighted by molar-refractivity contribution is 0.0951. The van der Waals surface area contributed by atoms with Gasteiger partial charge in [0.1, 0.15) is 5.00 Å². The number of aryl methyl sites for hydroxylation is 1. The molecule has 1 aliphatic rings. The summed E-state index contributed by atoms with van der Waals surface area (Å²) in [4.78, 5) is 19.4. The third-order valence-corrected chi connectivity index (χ3v) is 7.02. The number of rotatable bonds is 5. The molecule has 0 fully saturated rings. The highest BCUT2D eigenvalue weighted by molar-refractivity contribution is 7.16. The summed E-state index contributed by atoms with van der Waals surface area (Å²) in [6.07, 6.45) is 6.24. The zero-order valence-electron chi connectivity index (χ0n) is 17.3. The van der Waals surface area contributed by atoms with Gasteiger partial charge in [-0.1, -0.05) is 72.8 Å². The van der Waals surface area contributed by atoms with Crippen LogP contribution in [0, 0.1) is 0 Å². The van der Waals surface area contributed by atoms with E-state index in [1.54, 1.807) is 11.3 Å². The number of nitrogens with one attached hydrogen (secondary N) is 1. The molecule has 0 saturated heterocycles. The van der Waals surface area contributed by atoms with Crippen molar-refractivity contribution in [3.05, 3.63) is 99.9 Å². The lowest BCUT2D eigenvalue weighted by atomic mass is 9.95. The summed E-state index contributed by atoms with van der Waals surface area (Å²) in [6, 6.07) is 24.6. The molecule has 4 heteroatoms. The van der Waals surface area contributed by atoms with Crippen molar-refractivity contribution < 1.29 is 4.79 Å². The Balaban J connectivity index is 1.47. The molecule has 0 spiro atoms. The van der Waals surface area contributed by atoms with Crippen molar-refractivity contribution in [2.75, 3.05) is 0 Å². The quantitative estimate of drug-likeness (QED) is 0.367. The van der Waals surface area contributed by atoms with Crippen LogP contribution in [0.3, 0.4) is 0 Å². The summed E-state index contributed by atoms with van der Waals surface area (Å²) >= 11 is 1.68. The summed E-state index contributed by atoms with van der Waals surface area (Å²) in [5.41, 5.74) is 4.14. The Kier molecular flexibility index (Phi) is 5.63. The number of fused-ring (bicyclic) bond motifs is 2. The monoisotopic (exact) mass is 424 g/mol. The first-order valence-electron chi connectivity index (χ1n) is 10.8. The molecule has 1 aliphatic carbocycles. The summed E-state index contributed by atoms with van der Waals surface area (Å²) in [7, 11) is 0. The summed E-state index contributed by atoms with van der Waals surface area (Å²) in [5.74, 6) is -0.0201. The van der Waals surface area contributed by atoms with Crippen LogP contribution in [0.15, 0.2) is 77.8 Å². The van der Waals surface area contributed by atoms with E-state index in [2.05, 4.69) is 35.6 Å². The van der Waals surface area contributed by atoms with Crippen LogP contribution >= 0.6 is 11.3 Å². The van der Waals surface area contributed by atoms with Gasteiger partial charge in [0.15, 0.2) is 0 Å². The number of carbonyl (C=O) groups excluding carboxylic acids is 1. The Bertz CT molecular complexity index is 1250. The first-order chi connectivity index (χ1) is 15.3. The maximum Gasteiger partial charge on any atom is 0.254 e. The van der Waals surface area contributed by atoms with E-state index in [-0.39, 0.29) is 5.91 Å². The fourth-order valence-electron chi connectivity index (χ4n) is 4.23. The average molecular weight is 425 g/mol. The van der Waals surface area contributed by atoms with Crippen LogP contribution in [-0.4, -0.2) is 12.1 Å². The van der Waals surface area contributed by atoms with Gasteiger partial charge >= 0.3 is 0 Å². The Morgan fingerprint density at radius 1 is 0.935 bits per heavy atom. The third-order valence-electron chi connectivity index (χ3n) is 5.82. The molecule has 4 aromatic rings. The van der Waals surface area contributed by atoms with Crippen molar-refractivity contribution >= 4 is 39.2 Å². The molecule has 3 aromatic carbocycles. The van der Waals surface area contributed by atoms with Crippen molar-refractivity contribution in [3.63, 3.8) is 0 Å². The number of benzene rings is 3. The van der Waals surface area contributed by atoms with E-state index in [4.69, 9.17) is 4.99 Å². The first-order valence-corrected chi connectivity index (χ1v) is 11.6. The Labute approximate surface area is 186 Å². The van der Waals surface area contributed by atoms with Crippen LogP contribution in [0.2, 0.25) is 0 Å². The molecule has 0 radical (unpaired) electrons. The molecule has 5 rings (SSSR count). The molecule has 0 atom stereocenters. The normalized spacial score (nSPS) is 13.4. The molecule has 0 aliphatic heterocycles. The number of carbonyl (C=O) groups is 1. The van der Waals surface area contributed by atoms with Gasteiger partial charge in [-0.05, 0) is 47.6 Å². The summed E-state index contributed by atoms with van der Waals surface area (Å²) < 4.78 is 0. The molecule has 31 heavy (non-hydrogen) atoms. The third kappa shape index (κ3) is 4.17. The molecule has 0 unspecified atom stereocenters. The van der Waals surface area contributed by atoms with Crippen LogP contribution in [0.1, 0.15) is 44.8 Å². The fraction of sp³-hybridized carbons (Fsp3) is 0.185. The SMILES string of the molecule is O=C(NCc1ccccc1)c1c(N=Cc2cccc3ccccc23)sc2c1CCCC2. The van der Waals surface area contributed by atoms with E-state index in [0.29, 0.717) is 6.54 Å². The molecule has 0 bridgehead atoms. The zero-order chi connectivity index (χ0) is 21.0. The fourth-order valence-corrected chi connectivity index (χ4v) is 5.46. The molecule has 1 amide bonds. The second-order valence-corrected chi connectivity index (χ2v) is 8.97. The van der Waals surface area contributed by atoms with Gasteiger partial charge in [-0.15, -0.1) is 11.3 Å². The Morgan fingerprint density at radius 3 is 2.61 bits per heavy atom. The first kappa shape index (κ1) is 19.7. The molecule has 0 saturated carbocycles. The van der Waals surface area contributed by atoms with Gasteiger partial charge in [-0.25, -0.2) is 4.99 Å². The van der Waals surface area contributed by atoms with Crippen LogP contribution < -0.4 is 5.32 Å². The van der Waals surface area contributed by atoms with E-state index < -0.39 is 0 Å². The van der Waals surface area contributed by atoms with Gasteiger partial charge in [0.05, 0.1) is 5.56 Å². The highest BCUT2D eigenvalue weighted by Crippen LogP contribution is 2.40. The highest BCUT2D eigenvalue weighted by atomic mass is 32.1. The lowest BCUT2D eigenvalue weighted by Gasteiger charge is -2.12. The predicted octanol–water partition coefficient (Wildman–Crippen LogP) is 6.46. The molecule has 1 heterocycles. The predicted molar refractivity (Wildman–Crippen MR) is 130 cm³/mol. The van der Waals surface area contributed by atoms with E-state index in [1.807, 2.05) is 48.7 Å². The average Bonchev–Trinajstić information content (AvgIpc) is 3.20. The van der Waals surface area contributed by atoms with Gasteiger partial charge < -0.3 is 5.32 Å². The van der Waals surface area contributed by atoms with Crippen LogP contribution in [0.25, 0.3) is 10.8 Å². The van der Waals surface area contributed by atoms with E-state index in [9.17, 15) is 4.79 Å². The minimum Gasteiger partial charge on any atom is -0.348 e. The molecule has 154 valence electrons. The van der Waals surface area contributed by atoms with Gasteiger partial charge in [0.25, 0.3) is 5.91 Å². The van der Waals surface area contributed by atoms with Crippen molar-refractivity contribution in [3.8, 4) is 0 Å². The highest BCUT2D eigenvalue weighted by Gasteiger charge is 2.25. The van der Waals surface area contributed by atoms with Gasteiger partial charge in [0.2, 0.25) is 0 Å². The van der Waals surface area contributed by atoms with Gasteiger partial charge in [-0.3, -0.25) is 4.79 Å². The largest absolute Gasteiger partial charge is 0.348 e. The minimum absolute atomic E-state index is 0.0201. The molecular weight excluding hydrogens is 400 g/mol. The molecule has 1 N–H and O–H groups in total. The van der Waals surface area contributed by atoms with Crippen LogP contribution in [0.4, 0.5) is 5.00 Å². The zero-order valence-corrected chi connectivity index (χ0v) is 18.1. The van der Waals surface area contributed by atoms with Crippen molar-refractivity contribution in [2.24, 2.45) is 4.99 Å². The molecule has 3 nitrogen and oxygen atoms in total. The minimum atomic E-state index is -0.0201. The number of hydrogen-bond donors (Lipinski definition) is 1. The second kappa shape index (κ2) is 8.86. The lowest BCUT2D eigenvalue weighted by Crippen LogP contribution is -2.24. The van der Waals surface area contributed by atoms with Crippen molar-refractivity contribution in [2.45, 2.75) is 32.2 Å². The molecular formula is C27H24N2OS. The molecule has 1 aromatic heterocycles. The van der Waals surface area contributed by atoms with Crippen LogP contribution in [0.5, 0.6) is 0 Å². The van der Waals surface area contributed by atoms with Gasteiger partial charge in [0, 0.05) is 23.2 Å². The van der Waals surface area contributed by atoms with E-state index >= 15 is 0 Å². The van der Waals surface area contributed by atoms with Crippen molar-refractivity contribution in [1.29, 1.82) is 0 Å². The number of aliphatic imine (C=N–C) groups is 1.